The van der Waals surface area contributed by atoms with Gasteiger partial charge in [-0.2, -0.15) is 0 Å². The molecule has 0 saturated carbocycles. The monoisotopic (exact) mass is 290 g/mol. The molecule has 1 heterocycles. The van der Waals surface area contributed by atoms with Crippen molar-refractivity contribution in [1.29, 1.82) is 0 Å². The Morgan fingerprint density at radius 3 is 2.75 bits per heavy atom. The topological polar surface area (TPSA) is 33.2 Å². The average molecular weight is 291 g/mol. The first-order valence-corrected chi connectivity index (χ1v) is 7.50. The van der Waals surface area contributed by atoms with Gasteiger partial charge in [-0.15, -0.1) is 11.6 Å². The predicted molar refractivity (Wildman–Crippen MR) is 83.3 cm³/mol. The molecule has 106 valence electrons. The first-order valence-electron chi connectivity index (χ1n) is 6.97. The number of carbonyl (C=O) groups is 1. The highest BCUT2D eigenvalue weighted by molar-refractivity contribution is 6.18. The fourth-order valence-electron chi connectivity index (χ4n) is 2.11. The molecule has 0 bridgehead atoms. The number of pyridine rings is 1. The summed E-state index contributed by atoms with van der Waals surface area (Å²) in [6.45, 7) is 3.41. The van der Waals surface area contributed by atoms with Crippen LogP contribution in [0.25, 0.3) is 10.9 Å². The van der Waals surface area contributed by atoms with Gasteiger partial charge in [0.15, 0.2) is 0 Å². The molecule has 0 saturated heterocycles. The fourth-order valence-corrected chi connectivity index (χ4v) is 2.32. The summed E-state index contributed by atoms with van der Waals surface area (Å²) in [6.07, 6.45) is 2.04. The predicted octanol–water partition coefficient (Wildman–Crippen LogP) is 3.72. The first kappa shape index (κ1) is 14.8. The molecule has 0 fully saturated rings. The third kappa shape index (κ3) is 3.48. The number of amides is 1. The standard InChI is InChI=1S/C16H19ClN2O/c1-2-3-11-19(12-10-17)16(20)15-9-8-13-6-4-5-7-14(13)18-15/h4-9H,2-3,10-12H2,1H3. The van der Waals surface area contributed by atoms with Crippen molar-refractivity contribution in [3.8, 4) is 0 Å². The highest BCUT2D eigenvalue weighted by Crippen LogP contribution is 2.13. The minimum Gasteiger partial charge on any atom is -0.336 e. The minimum absolute atomic E-state index is 0.0372. The van der Waals surface area contributed by atoms with Gasteiger partial charge < -0.3 is 4.90 Å². The molecule has 0 atom stereocenters. The van der Waals surface area contributed by atoms with Crippen molar-refractivity contribution in [2.75, 3.05) is 19.0 Å². The van der Waals surface area contributed by atoms with Crippen LogP contribution in [0.15, 0.2) is 36.4 Å². The molecule has 1 amide bonds. The van der Waals surface area contributed by atoms with Gasteiger partial charge in [0.2, 0.25) is 0 Å². The normalized spacial score (nSPS) is 10.7. The second-order valence-corrected chi connectivity index (χ2v) is 5.10. The van der Waals surface area contributed by atoms with Crippen molar-refractivity contribution in [3.05, 3.63) is 42.1 Å². The highest BCUT2D eigenvalue weighted by Gasteiger charge is 2.16. The number of alkyl halides is 1. The van der Waals surface area contributed by atoms with Crippen LogP contribution >= 0.6 is 11.6 Å². The Kier molecular flexibility index (Phi) is 5.36. The molecular formula is C16H19ClN2O. The van der Waals surface area contributed by atoms with Gasteiger partial charge in [0.05, 0.1) is 5.52 Å². The molecule has 3 nitrogen and oxygen atoms in total. The molecular weight excluding hydrogens is 272 g/mol. The quantitative estimate of drug-likeness (QED) is 0.760. The van der Waals surface area contributed by atoms with Crippen LogP contribution in [0.2, 0.25) is 0 Å². The third-order valence-electron chi connectivity index (χ3n) is 3.24. The second kappa shape index (κ2) is 7.25. The third-order valence-corrected chi connectivity index (χ3v) is 3.41. The fraction of sp³-hybridized carbons (Fsp3) is 0.375. The summed E-state index contributed by atoms with van der Waals surface area (Å²) in [5.41, 5.74) is 1.34. The van der Waals surface area contributed by atoms with E-state index < -0.39 is 0 Å². The molecule has 4 heteroatoms. The highest BCUT2D eigenvalue weighted by atomic mass is 35.5. The largest absolute Gasteiger partial charge is 0.336 e. The number of fused-ring (bicyclic) bond motifs is 1. The molecule has 1 aromatic heterocycles. The van der Waals surface area contributed by atoms with Gasteiger partial charge in [-0.05, 0) is 18.6 Å². The molecule has 0 aliphatic rings. The number of hydrogen-bond donors (Lipinski definition) is 0. The molecule has 1 aromatic carbocycles. The van der Waals surface area contributed by atoms with Gasteiger partial charge in [0.25, 0.3) is 5.91 Å². The van der Waals surface area contributed by atoms with Crippen molar-refractivity contribution in [1.82, 2.24) is 9.88 Å². The molecule has 2 aromatic rings. The molecule has 0 spiro atoms. The van der Waals surface area contributed by atoms with Crippen LogP contribution in [0, 0.1) is 0 Å². The summed E-state index contributed by atoms with van der Waals surface area (Å²) in [4.78, 5) is 18.7. The zero-order chi connectivity index (χ0) is 14.4. The lowest BCUT2D eigenvalue weighted by atomic mass is 10.2. The minimum atomic E-state index is -0.0372. The molecule has 0 aliphatic carbocycles. The number of hydrogen-bond acceptors (Lipinski definition) is 2. The van der Waals surface area contributed by atoms with E-state index in [4.69, 9.17) is 11.6 Å². The van der Waals surface area contributed by atoms with Crippen LogP contribution in [0.3, 0.4) is 0 Å². The Bertz CT molecular complexity index is 585. The van der Waals surface area contributed by atoms with E-state index in [1.165, 1.54) is 0 Å². The molecule has 2 rings (SSSR count). The zero-order valence-electron chi connectivity index (χ0n) is 11.7. The molecule has 20 heavy (non-hydrogen) atoms. The van der Waals surface area contributed by atoms with Gasteiger partial charge in [-0.25, -0.2) is 4.98 Å². The first-order chi connectivity index (χ1) is 9.76. The van der Waals surface area contributed by atoms with Gasteiger partial charge in [0, 0.05) is 24.4 Å². The summed E-state index contributed by atoms with van der Waals surface area (Å²) in [5, 5.41) is 1.04. The lowest BCUT2D eigenvalue weighted by Crippen LogP contribution is -2.34. The lowest BCUT2D eigenvalue weighted by molar-refractivity contribution is 0.0758. The van der Waals surface area contributed by atoms with Crippen molar-refractivity contribution in [2.45, 2.75) is 19.8 Å². The van der Waals surface area contributed by atoms with E-state index in [1.54, 1.807) is 11.0 Å². The Balaban J connectivity index is 2.23. The summed E-state index contributed by atoms with van der Waals surface area (Å²) >= 11 is 5.79. The summed E-state index contributed by atoms with van der Waals surface area (Å²) in [7, 11) is 0. The maximum absolute atomic E-state index is 12.5. The summed E-state index contributed by atoms with van der Waals surface area (Å²) < 4.78 is 0. The SMILES string of the molecule is CCCCN(CCCl)C(=O)c1ccc2ccccc2n1. The maximum Gasteiger partial charge on any atom is 0.272 e. The number of aromatic nitrogens is 1. The number of para-hydroxylation sites is 1. The molecule has 0 aliphatic heterocycles. The van der Waals surface area contributed by atoms with E-state index in [0.717, 1.165) is 30.3 Å². The number of halogens is 1. The Labute approximate surface area is 124 Å². The van der Waals surface area contributed by atoms with Gasteiger partial charge in [-0.3, -0.25) is 4.79 Å². The molecule has 0 N–H and O–H groups in total. The van der Waals surface area contributed by atoms with Crippen molar-refractivity contribution in [2.24, 2.45) is 0 Å². The van der Waals surface area contributed by atoms with Crippen LogP contribution in [-0.2, 0) is 0 Å². The van der Waals surface area contributed by atoms with Crippen LogP contribution in [-0.4, -0.2) is 34.8 Å². The number of carbonyl (C=O) groups excluding carboxylic acids is 1. The van der Waals surface area contributed by atoms with Crippen molar-refractivity contribution in [3.63, 3.8) is 0 Å². The second-order valence-electron chi connectivity index (χ2n) is 4.72. The van der Waals surface area contributed by atoms with E-state index in [-0.39, 0.29) is 5.91 Å². The van der Waals surface area contributed by atoms with Crippen molar-refractivity contribution < 1.29 is 4.79 Å². The van der Waals surface area contributed by atoms with Crippen LogP contribution in [0.4, 0.5) is 0 Å². The number of nitrogens with zero attached hydrogens (tertiary/aromatic N) is 2. The van der Waals surface area contributed by atoms with Gasteiger partial charge >= 0.3 is 0 Å². The van der Waals surface area contributed by atoms with Gasteiger partial charge in [-0.1, -0.05) is 37.6 Å². The van der Waals surface area contributed by atoms with E-state index in [1.807, 2.05) is 30.3 Å². The average Bonchev–Trinajstić information content (AvgIpc) is 2.50. The van der Waals surface area contributed by atoms with E-state index in [9.17, 15) is 4.79 Å². The Morgan fingerprint density at radius 1 is 1.20 bits per heavy atom. The number of unbranched alkanes of at least 4 members (excludes halogenated alkanes) is 1. The van der Waals surface area contributed by atoms with Crippen LogP contribution in [0.5, 0.6) is 0 Å². The summed E-state index contributed by atoms with van der Waals surface area (Å²) in [5.74, 6) is 0.410. The zero-order valence-corrected chi connectivity index (χ0v) is 12.4. The molecule has 0 radical (unpaired) electrons. The molecule has 0 unspecified atom stereocenters. The van der Waals surface area contributed by atoms with E-state index >= 15 is 0 Å². The summed E-state index contributed by atoms with van der Waals surface area (Å²) in [6, 6.07) is 11.5. The smallest absolute Gasteiger partial charge is 0.272 e. The van der Waals surface area contributed by atoms with Crippen molar-refractivity contribution >= 4 is 28.4 Å². The lowest BCUT2D eigenvalue weighted by Gasteiger charge is -2.21. The maximum atomic E-state index is 12.5. The van der Waals surface area contributed by atoms with Crippen LogP contribution in [0.1, 0.15) is 30.3 Å². The van der Waals surface area contributed by atoms with Gasteiger partial charge in [0.1, 0.15) is 5.69 Å². The number of rotatable bonds is 6. The van der Waals surface area contributed by atoms with E-state index in [0.29, 0.717) is 18.1 Å². The Hall–Kier alpha value is -1.61. The van der Waals surface area contributed by atoms with Crippen LogP contribution < -0.4 is 0 Å². The van der Waals surface area contributed by atoms with E-state index in [2.05, 4.69) is 11.9 Å². The number of benzene rings is 1. The Morgan fingerprint density at radius 2 is 2.00 bits per heavy atom.